The van der Waals surface area contributed by atoms with Crippen molar-refractivity contribution in [1.82, 2.24) is 0 Å². The second kappa shape index (κ2) is 6.49. The molecule has 20 heavy (non-hydrogen) atoms. The zero-order valence-corrected chi connectivity index (χ0v) is 11.3. The summed E-state index contributed by atoms with van der Waals surface area (Å²) >= 11 is 1.36. The van der Waals surface area contributed by atoms with Crippen molar-refractivity contribution in [2.24, 2.45) is 0 Å². The summed E-state index contributed by atoms with van der Waals surface area (Å²) in [6.07, 6.45) is 0. The Kier molecular flexibility index (Phi) is 4.70. The number of nitro benzene ring substituents is 1. The molecule has 0 atom stereocenters. The topological polar surface area (TPSA) is 63.4 Å². The van der Waals surface area contributed by atoms with Crippen molar-refractivity contribution < 1.29 is 14.4 Å². The highest BCUT2D eigenvalue weighted by Crippen LogP contribution is 2.28. The normalized spacial score (nSPS) is 10.5. The number of rotatable bonds is 5. The first-order valence-electron chi connectivity index (χ1n) is 5.86. The standard InChI is InChI=1S/C14H12FNO3S/c15-14-11(4-2-6-13(14)16(18)19)9-20-12-5-1-3-10(7-12)8-17/h1-7,17H,8-9H2. The van der Waals surface area contributed by atoms with Gasteiger partial charge in [-0.25, -0.2) is 0 Å². The second-order valence-electron chi connectivity index (χ2n) is 4.10. The third-order valence-corrected chi connectivity index (χ3v) is 3.77. The van der Waals surface area contributed by atoms with E-state index in [0.717, 1.165) is 16.5 Å². The van der Waals surface area contributed by atoms with Gasteiger partial charge in [-0.05, 0) is 17.7 Å². The van der Waals surface area contributed by atoms with Crippen LogP contribution in [-0.2, 0) is 12.4 Å². The molecular formula is C14H12FNO3S. The summed E-state index contributed by atoms with van der Waals surface area (Å²) in [7, 11) is 0. The predicted molar refractivity (Wildman–Crippen MR) is 75.0 cm³/mol. The van der Waals surface area contributed by atoms with Crippen LogP contribution in [0.1, 0.15) is 11.1 Å². The number of nitrogens with zero attached hydrogens (tertiary/aromatic N) is 1. The predicted octanol–water partition coefficient (Wildman–Crippen LogP) is 3.52. The molecule has 1 N–H and O–H groups in total. The summed E-state index contributed by atoms with van der Waals surface area (Å²) in [5.74, 6) is -0.495. The Morgan fingerprint density at radius 2 is 2.00 bits per heavy atom. The molecule has 0 aliphatic carbocycles. The fraction of sp³-hybridized carbons (Fsp3) is 0.143. The van der Waals surface area contributed by atoms with Crippen molar-refractivity contribution in [3.63, 3.8) is 0 Å². The third kappa shape index (κ3) is 3.34. The highest BCUT2D eigenvalue weighted by Gasteiger charge is 2.16. The maximum atomic E-state index is 13.9. The van der Waals surface area contributed by atoms with Crippen LogP contribution in [0.5, 0.6) is 0 Å². The number of hydrogen-bond donors (Lipinski definition) is 1. The molecule has 0 heterocycles. The van der Waals surface area contributed by atoms with Gasteiger partial charge >= 0.3 is 5.69 Å². The lowest BCUT2D eigenvalue weighted by Gasteiger charge is -2.05. The summed E-state index contributed by atoms with van der Waals surface area (Å²) in [6.45, 7) is -0.0560. The Morgan fingerprint density at radius 3 is 2.70 bits per heavy atom. The van der Waals surface area contributed by atoms with Gasteiger partial charge in [0.05, 0.1) is 11.5 Å². The number of aliphatic hydroxyl groups is 1. The number of aliphatic hydroxyl groups excluding tert-OH is 1. The van der Waals surface area contributed by atoms with Gasteiger partial charge in [0.1, 0.15) is 0 Å². The lowest BCUT2D eigenvalue weighted by Crippen LogP contribution is -1.96. The van der Waals surface area contributed by atoms with Crippen LogP contribution in [0.3, 0.4) is 0 Å². The van der Waals surface area contributed by atoms with Crippen molar-refractivity contribution in [2.45, 2.75) is 17.3 Å². The van der Waals surface area contributed by atoms with Crippen molar-refractivity contribution in [2.75, 3.05) is 0 Å². The maximum Gasteiger partial charge on any atom is 0.305 e. The first-order chi connectivity index (χ1) is 9.61. The molecule has 0 spiro atoms. The van der Waals surface area contributed by atoms with E-state index >= 15 is 0 Å². The molecule has 0 aliphatic heterocycles. The van der Waals surface area contributed by atoms with E-state index in [1.165, 1.54) is 23.9 Å². The van der Waals surface area contributed by atoms with Crippen LogP contribution in [0.25, 0.3) is 0 Å². The molecule has 0 saturated carbocycles. The second-order valence-corrected chi connectivity index (χ2v) is 5.15. The Balaban J connectivity index is 2.14. The van der Waals surface area contributed by atoms with E-state index in [1.54, 1.807) is 18.2 Å². The summed E-state index contributed by atoms with van der Waals surface area (Å²) in [5.41, 5.74) is 0.556. The fourth-order valence-electron chi connectivity index (χ4n) is 1.71. The molecule has 0 aliphatic rings. The number of benzene rings is 2. The minimum atomic E-state index is -0.789. The smallest absolute Gasteiger partial charge is 0.305 e. The number of hydrogen-bond acceptors (Lipinski definition) is 4. The van der Waals surface area contributed by atoms with Gasteiger partial charge in [0.25, 0.3) is 0 Å². The van der Waals surface area contributed by atoms with Crippen LogP contribution in [0.15, 0.2) is 47.4 Å². The van der Waals surface area contributed by atoms with Gasteiger partial charge < -0.3 is 5.11 Å². The van der Waals surface area contributed by atoms with E-state index in [4.69, 9.17) is 5.11 Å². The zero-order chi connectivity index (χ0) is 14.5. The highest BCUT2D eigenvalue weighted by atomic mass is 32.2. The first-order valence-corrected chi connectivity index (χ1v) is 6.84. The Bertz CT molecular complexity index is 634. The molecule has 0 saturated heterocycles. The molecule has 0 radical (unpaired) electrons. The van der Waals surface area contributed by atoms with E-state index in [-0.39, 0.29) is 6.61 Å². The van der Waals surface area contributed by atoms with Gasteiger partial charge in [-0.15, -0.1) is 11.8 Å². The average molecular weight is 293 g/mol. The maximum absolute atomic E-state index is 13.9. The van der Waals surface area contributed by atoms with Crippen molar-refractivity contribution in [1.29, 1.82) is 0 Å². The number of halogens is 1. The minimum Gasteiger partial charge on any atom is -0.392 e. The Morgan fingerprint density at radius 1 is 1.25 bits per heavy atom. The van der Waals surface area contributed by atoms with Gasteiger partial charge in [-0.2, -0.15) is 4.39 Å². The number of thioether (sulfide) groups is 1. The van der Waals surface area contributed by atoms with Crippen LogP contribution in [0.2, 0.25) is 0 Å². The fourth-order valence-corrected chi connectivity index (χ4v) is 2.67. The Labute approximate surface area is 119 Å². The summed E-state index contributed by atoms with van der Waals surface area (Å²) in [4.78, 5) is 10.8. The molecule has 6 heteroatoms. The van der Waals surface area contributed by atoms with E-state index in [0.29, 0.717) is 11.3 Å². The zero-order valence-electron chi connectivity index (χ0n) is 10.5. The van der Waals surface area contributed by atoms with Crippen molar-refractivity contribution >= 4 is 17.4 Å². The van der Waals surface area contributed by atoms with Crippen LogP contribution in [-0.4, -0.2) is 10.0 Å². The molecule has 4 nitrogen and oxygen atoms in total. The van der Waals surface area contributed by atoms with Gasteiger partial charge in [-0.3, -0.25) is 10.1 Å². The molecular weight excluding hydrogens is 281 g/mol. The van der Waals surface area contributed by atoms with E-state index in [2.05, 4.69) is 0 Å². The van der Waals surface area contributed by atoms with Crippen molar-refractivity contribution in [3.05, 3.63) is 69.5 Å². The third-order valence-electron chi connectivity index (χ3n) is 2.73. The van der Waals surface area contributed by atoms with Crippen LogP contribution >= 0.6 is 11.8 Å². The average Bonchev–Trinajstić information content (AvgIpc) is 2.46. The molecule has 0 fully saturated rings. The quantitative estimate of drug-likeness (QED) is 0.520. The van der Waals surface area contributed by atoms with E-state index < -0.39 is 16.4 Å². The van der Waals surface area contributed by atoms with Crippen LogP contribution in [0, 0.1) is 15.9 Å². The molecule has 2 rings (SSSR count). The molecule has 2 aromatic carbocycles. The Hall–Kier alpha value is -1.92. The monoisotopic (exact) mass is 293 g/mol. The van der Waals surface area contributed by atoms with Crippen LogP contribution in [0.4, 0.5) is 10.1 Å². The molecule has 2 aromatic rings. The van der Waals surface area contributed by atoms with Gasteiger partial charge in [0.15, 0.2) is 0 Å². The summed E-state index contributed by atoms with van der Waals surface area (Å²) in [6, 6.07) is 11.4. The lowest BCUT2D eigenvalue weighted by atomic mass is 10.2. The summed E-state index contributed by atoms with van der Waals surface area (Å²) < 4.78 is 13.9. The minimum absolute atomic E-state index is 0.0560. The number of nitro groups is 1. The van der Waals surface area contributed by atoms with E-state index in [9.17, 15) is 14.5 Å². The lowest BCUT2D eigenvalue weighted by molar-refractivity contribution is -0.387. The molecule has 0 unspecified atom stereocenters. The SMILES string of the molecule is O=[N+]([O-])c1cccc(CSc2cccc(CO)c2)c1F. The van der Waals surface area contributed by atoms with E-state index in [1.807, 2.05) is 6.07 Å². The molecule has 0 aromatic heterocycles. The van der Waals surface area contributed by atoms with Gasteiger partial charge in [0.2, 0.25) is 5.82 Å². The molecule has 0 bridgehead atoms. The molecule has 0 amide bonds. The van der Waals surface area contributed by atoms with Crippen molar-refractivity contribution in [3.8, 4) is 0 Å². The summed E-state index contributed by atoms with van der Waals surface area (Å²) in [5, 5.41) is 19.7. The largest absolute Gasteiger partial charge is 0.392 e. The van der Waals surface area contributed by atoms with Gasteiger partial charge in [0, 0.05) is 22.3 Å². The van der Waals surface area contributed by atoms with Crippen LogP contribution < -0.4 is 0 Å². The van der Waals surface area contributed by atoms with Gasteiger partial charge in [-0.1, -0.05) is 24.3 Å². The highest BCUT2D eigenvalue weighted by molar-refractivity contribution is 7.98. The first kappa shape index (κ1) is 14.5. The molecule has 104 valence electrons.